The number of aromatic nitrogens is 3. The van der Waals surface area contributed by atoms with Gasteiger partial charge in [0.25, 0.3) is 0 Å². The van der Waals surface area contributed by atoms with Crippen molar-refractivity contribution in [3.8, 4) is 0 Å². The van der Waals surface area contributed by atoms with E-state index in [2.05, 4.69) is 36.4 Å². The first-order chi connectivity index (χ1) is 12.3. The van der Waals surface area contributed by atoms with Gasteiger partial charge in [0.15, 0.2) is 0 Å². The molecule has 0 amide bonds. The maximum atomic E-state index is 5.60. The summed E-state index contributed by atoms with van der Waals surface area (Å²) in [5.74, 6) is 0.431. The van der Waals surface area contributed by atoms with Crippen molar-refractivity contribution in [3.05, 3.63) is 76.7 Å². The van der Waals surface area contributed by atoms with Gasteiger partial charge in [0.05, 0.1) is 5.52 Å². The number of fused-ring (bicyclic) bond motifs is 1. The maximum Gasteiger partial charge on any atom is 0.320 e. The van der Waals surface area contributed by atoms with E-state index in [4.69, 9.17) is 4.42 Å². The Morgan fingerprint density at radius 1 is 0.920 bits per heavy atom. The first-order valence-corrected chi connectivity index (χ1v) is 8.45. The molecule has 0 saturated carbocycles. The van der Waals surface area contributed by atoms with Crippen LogP contribution in [-0.4, -0.2) is 15.2 Å². The summed E-state index contributed by atoms with van der Waals surface area (Å²) in [5, 5.41) is 12.2. The van der Waals surface area contributed by atoms with Crippen molar-refractivity contribution in [2.45, 2.75) is 0 Å². The number of pyridine rings is 1. The zero-order chi connectivity index (χ0) is 17.1. The van der Waals surface area contributed by atoms with Gasteiger partial charge in [-0.05, 0) is 48.0 Å². The second-order valence-electron chi connectivity index (χ2n) is 5.33. The Morgan fingerprint density at radius 2 is 1.80 bits per heavy atom. The maximum absolute atomic E-state index is 5.60. The third-order valence-corrected chi connectivity index (χ3v) is 4.15. The molecular formula is C19H13BrN4O. The molecule has 4 rings (SSSR count). The van der Waals surface area contributed by atoms with Crippen LogP contribution < -0.4 is 5.32 Å². The van der Waals surface area contributed by atoms with Gasteiger partial charge in [-0.1, -0.05) is 39.2 Å². The van der Waals surface area contributed by atoms with Crippen LogP contribution in [0.1, 0.15) is 11.5 Å². The Labute approximate surface area is 152 Å². The van der Waals surface area contributed by atoms with Crippen molar-refractivity contribution >= 4 is 50.7 Å². The summed E-state index contributed by atoms with van der Waals surface area (Å²) < 4.78 is 6.62. The van der Waals surface area contributed by atoms with Gasteiger partial charge in [-0.3, -0.25) is 4.98 Å². The van der Waals surface area contributed by atoms with Crippen LogP contribution in [0.5, 0.6) is 0 Å². The Kier molecular flexibility index (Phi) is 4.26. The minimum atomic E-state index is 0.349. The minimum Gasteiger partial charge on any atom is -0.404 e. The molecule has 4 aromatic rings. The molecule has 2 heterocycles. The van der Waals surface area contributed by atoms with Crippen LogP contribution >= 0.6 is 15.9 Å². The highest BCUT2D eigenvalue weighted by atomic mass is 79.9. The van der Waals surface area contributed by atoms with Crippen molar-refractivity contribution < 1.29 is 4.42 Å². The third-order valence-electron chi connectivity index (χ3n) is 3.62. The molecule has 0 spiro atoms. The van der Waals surface area contributed by atoms with Crippen LogP contribution in [0.25, 0.3) is 23.1 Å². The molecule has 0 bridgehead atoms. The zero-order valence-corrected chi connectivity index (χ0v) is 14.6. The number of nitrogens with one attached hydrogen (secondary N) is 1. The van der Waals surface area contributed by atoms with Gasteiger partial charge >= 0.3 is 6.01 Å². The van der Waals surface area contributed by atoms with E-state index in [0.717, 1.165) is 26.6 Å². The van der Waals surface area contributed by atoms with Crippen LogP contribution in [-0.2, 0) is 0 Å². The molecule has 25 heavy (non-hydrogen) atoms. The van der Waals surface area contributed by atoms with Gasteiger partial charge in [0.1, 0.15) is 0 Å². The summed E-state index contributed by atoms with van der Waals surface area (Å²) in [6.45, 7) is 0. The molecule has 5 nitrogen and oxygen atoms in total. The van der Waals surface area contributed by atoms with Crippen LogP contribution in [0.4, 0.5) is 11.7 Å². The van der Waals surface area contributed by atoms with E-state index in [1.54, 1.807) is 12.3 Å². The Morgan fingerprint density at radius 3 is 2.68 bits per heavy atom. The van der Waals surface area contributed by atoms with Gasteiger partial charge < -0.3 is 9.73 Å². The average molecular weight is 393 g/mol. The molecule has 0 fully saturated rings. The van der Waals surface area contributed by atoms with Crippen LogP contribution in [0.2, 0.25) is 0 Å². The molecule has 2 aromatic carbocycles. The average Bonchev–Trinajstić information content (AvgIpc) is 3.09. The van der Waals surface area contributed by atoms with Gasteiger partial charge in [0, 0.05) is 27.8 Å². The van der Waals surface area contributed by atoms with E-state index in [1.165, 1.54) is 0 Å². The molecule has 0 aliphatic rings. The smallest absolute Gasteiger partial charge is 0.320 e. The number of hydrogen-bond acceptors (Lipinski definition) is 5. The molecule has 0 atom stereocenters. The summed E-state index contributed by atoms with van der Waals surface area (Å²) in [4.78, 5) is 4.36. The number of hydrogen-bond donors (Lipinski definition) is 1. The number of anilines is 2. The first kappa shape index (κ1) is 15.5. The molecule has 0 aliphatic heterocycles. The number of nitrogens with zero attached hydrogens (tertiary/aromatic N) is 3. The van der Waals surface area contributed by atoms with Crippen molar-refractivity contribution in [2.24, 2.45) is 0 Å². The van der Waals surface area contributed by atoms with Crippen molar-refractivity contribution in [1.82, 2.24) is 15.2 Å². The molecule has 0 saturated heterocycles. The lowest BCUT2D eigenvalue weighted by molar-refractivity contribution is 0.561. The molecule has 0 radical (unpaired) electrons. The summed E-state index contributed by atoms with van der Waals surface area (Å²) in [7, 11) is 0. The molecule has 0 unspecified atom stereocenters. The Hall–Kier alpha value is -2.99. The zero-order valence-electron chi connectivity index (χ0n) is 13.1. The summed E-state index contributed by atoms with van der Waals surface area (Å²) in [6.07, 6.45) is 5.52. The Bertz CT molecular complexity index is 1040. The summed E-state index contributed by atoms with van der Waals surface area (Å²) in [6, 6.07) is 18.0. The molecule has 2 aromatic heterocycles. The van der Waals surface area contributed by atoms with Crippen molar-refractivity contribution in [3.63, 3.8) is 0 Å². The summed E-state index contributed by atoms with van der Waals surface area (Å²) in [5.41, 5.74) is 2.88. The minimum absolute atomic E-state index is 0.349. The number of halogens is 1. The number of benzene rings is 2. The third kappa shape index (κ3) is 3.59. The fraction of sp³-hybridized carbons (Fsp3) is 0. The van der Waals surface area contributed by atoms with E-state index in [0.29, 0.717) is 11.9 Å². The second kappa shape index (κ2) is 6.86. The molecule has 1 N–H and O–H groups in total. The lowest BCUT2D eigenvalue weighted by Gasteiger charge is -2.00. The molecule has 6 heteroatoms. The molecular weight excluding hydrogens is 380 g/mol. The van der Waals surface area contributed by atoms with Crippen molar-refractivity contribution in [1.29, 1.82) is 0 Å². The number of rotatable bonds is 4. The monoisotopic (exact) mass is 392 g/mol. The quantitative estimate of drug-likeness (QED) is 0.510. The van der Waals surface area contributed by atoms with Crippen LogP contribution in [0, 0.1) is 0 Å². The lowest BCUT2D eigenvalue weighted by atomic mass is 10.1. The fourth-order valence-electron chi connectivity index (χ4n) is 2.44. The molecule has 0 aliphatic carbocycles. The van der Waals surface area contributed by atoms with Crippen LogP contribution in [0.15, 0.2) is 69.7 Å². The first-order valence-electron chi connectivity index (χ1n) is 7.66. The molecule has 122 valence electrons. The van der Waals surface area contributed by atoms with Gasteiger partial charge in [0.2, 0.25) is 5.89 Å². The van der Waals surface area contributed by atoms with Gasteiger partial charge in [-0.2, -0.15) is 0 Å². The van der Waals surface area contributed by atoms with Gasteiger partial charge in [-0.15, -0.1) is 5.10 Å². The Balaban J connectivity index is 1.54. The largest absolute Gasteiger partial charge is 0.404 e. The SMILES string of the molecule is Brc1ccc(Nc2nnc(/C=C/c3cccc4ncccc34)o2)cc1. The predicted molar refractivity (Wildman–Crippen MR) is 102 cm³/mol. The summed E-state index contributed by atoms with van der Waals surface area (Å²) >= 11 is 3.40. The van der Waals surface area contributed by atoms with E-state index in [1.807, 2.05) is 60.7 Å². The van der Waals surface area contributed by atoms with E-state index in [-0.39, 0.29) is 0 Å². The lowest BCUT2D eigenvalue weighted by Crippen LogP contribution is -1.89. The highest BCUT2D eigenvalue weighted by Gasteiger charge is 2.04. The highest BCUT2D eigenvalue weighted by Crippen LogP contribution is 2.21. The van der Waals surface area contributed by atoms with E-state index < -0.39 is 0 Å². The topological polar surface area (TPSA) is 63.8 Å². The second-order valence-corrected chi connectivity index (χ2v) is 6.24. The van der Waals surface area contributed by atoms with E-state index >= 15 is 0 Å². The normalized spacial score (nSPS) is 11.2. The predicted octanol–water partition coefficient (Wildman–Crippen LogP) is 5.29. The van der Waals surface area contributed by atoms with Crippen LogP contribution in [0.3, 0.4) is 0 Å². The van der Waals surface area contributed by atoms with Gasteiger partial charge in [-0.25, -0.2) is 0 Å². The van der Waals surface area contributed by atoms with E-state index in [9.17, 15) is 0 Å². The fourth-order valence-corrected chi connectivity index (χ4v) is 2.71. The van der Waals surface area contributed by atoms with Crippen molar-refractivity contribution in [2.75, 3.05) is 5.32 Å². The highest BCUT2D eigenvalue weighted by molar-refractivity contribution is 9.10. The standard InChI is InChI=1S/C19H13BrN4O/c20-14-7-9-15(10-8-14)22-19-24-23-18(25-19)11-6-13-3-1-5-17-16(13)4-2-12-21-17/h1-12H,(H,22,24)/b11-6+.